The summed E-state index contributed by atoms with van der Waals surface area (Å²) in [6.45, 7) is 11.5. The number of nitrogens with one attached hydrogen (secondary N) is 1. The molecule has 2 aromatic heterocycles. The second-order valence-corrected chi connectivity index (χ2v) is 14.2. The standard InChI is InChI=1S/C24H41N5O9P2/c1-7-35-39(32,36-8-2)12-10-34-20-14-28(21(30)9-11-40(33,37-17(3)4)38-18(5)6)13-19(20)29-16-27-22-23(29)25-15-26-24(22)31/h15-20H,7-14H2,1-6H3,(H,25,26,31)/t19-,20+/m1/s1. The molecule has 3 heterocycles. The summed E-state index contributed by atoms with van der Waals surface area (Å²) in [5.74, 6) is -0.249. The fraction of sp³-hybridized carbons (Fsp3) is 0.750. The smallest absolute Gasteiger partial charge is 0.332 e. The van der Waals surface area contributed by atoms with Gasteiger partial charge in [-0.1, -0.05) is 0 Å². The first-order chi connectivity index (χ1) is 18.9. The average molecular weight is 606 g/mol. The van der Waals surface area contributed by atoms with Gasteiger partial charge in [-0.15, -0.1) is 0 Å². The zero-order valence-corrected chi connectivity index (χ0v) is 25.8. The maximum absolute atomic E-state index is 13.3. The molecule has 0 bridgehead atoms. The number of carbonyl (C=O) groups excluding carboxylic acids is 1. The molecule has 1 N–H and O–H groups in total. The molecule has 1 aliphatic rings. The normalized spacial score (nSPS) is 18.4. The number of aromatic nitrogens is 4. The van der Waals surface area contributed by atoms with Gasteiger partial charge in [0.05, 0.1) is 69.2 Å². The van der Waals surface area contributed by atoms with Crippen molar-refractivity contribution in [2.24, 2.45) is 0 Å². The van der Waals surface area contributed by atoms with Crippen LogP contribution in [0.3, 0.4) is 0 Å². The lowest BCUT2D eigenvalue weighted by Crippen LogP contribution is -2.31. The number of rotatable bonds is 16. The molecule has 2 atom stereocenters. The van der Waals surface area contributed by atoms with E-state index in [4.69, 9.17) is 22.8 Å². The molecule has 0 aliphatic carbocycles. The summed E-state index contributed by atoms with van der Waals surface area (Å²) < 4.78 is 55.9. The van der Waals surface area contributed by atoms with E-state index in [1.807, 2.05) is 0 Å². The highest BCUT2D eigenvalue weighted by Crippen LogP contribution is 2.51. The number of fused-ring (bicyclic) bond motifs is 1. The van der Waals surface area contributed by atoms with Gasteiger partial charge >= 0.3 is 15.2 Å². The summed E-state index contributed by atoms with van der Waals surface area (Å²) in [5.41, 5.74) is 0.138. The van der Waals surface area contributed by atoms with E-state index < -0.39 is 27.3 Å². The average Bonchev–Trinajstić information content (AvgIpc) is 3.47. The van der Waals surface area contributed by atoms with Gasteiger partial charge < -0.3 is 37.3 Å². The molecule has 14 nitrogen and oxygen atoms in total. The Hall–Kier alpha value is -1.92. The topological polar surface area (TPSA) is 164 Å². The maximum atomic E-state index is 13.3. The molecule has 40 heavy (non-hydrogen) atoms. The first kappa shape index (κ1) is 32.6. The third kappa shape index (κ3) is 8.55. The van der Waals surface area contributed by atoms with Crippen LogP contribution < -0.4 is 5.56 Å². The van der Waals surface area contributed by atoms with Gasteiger partial charge in [0.25, 0.3) is 5.56 Å². The molecule has 0 unspecified atom stereocenters. The third-order valence-electron chi connectivity index (χ3n) is 6.00. The Morgan fingerprint density at radius 1 is 1.02 bits per heavy atom. The number of hydrogen-bond donors (Lipinski definition) is 1. The van der Waals surface area contributed by atoms with E-state index in [-0.39, 0.29) is 80.8 Å². The Kier molecular flexibility index (Phi) is 11.7. The van der Waals surface area contributed by atoms with Gasteiger partial charge in [-0.3, -0.25) is 18.7 Å². The number of H-pyrrole nitrogens is 1. The van der Waals surface area contributed by atoms with Crippen molar-refractivity contribution < 1.29 is 36.8 Å². The number of aromatic amines is 1. The van der Waals surface area contributed by atoms with Crippen LogP contribution >= 0.6 is 15.2 Å². The summed E-state index contributed by atoms with van der Waals surface area (Å²) in [7, 11) is -6.82. The third-order valence-corrected chi connectivity index (χ3v) is 10.3. The highest BCUT2D eigenvalue weighted by molar-refractivity contribution is 7.54. The molecule has 0 spiro atoms. The quantitative estimate of drug-likeness (QED) is 0.278. The second-order valence-electron chi connectivity index (χ2n) is 9.89. The van der Waals surface area contributed by atoms with Crippen molar-refractivity contribution in [3.05, 3.63) is 23.0 Å². The first-order valence-corrected chi connectivity index (χ1v) is 17.0. The second kappa shape index (κ2) is 14.3. The minimum atomic E-state index is -3.49. The lowest BCUT2D eigenvalue weighted by molar-refractivity contribution is -0.130. The van der Waals surface area contributed by atoms with E-state index >= 15 is 0 Å². The molecule has 226 valence electrons. The highest BCUT2D eigenvalue weighted by Gasteiger charge is 2.39. The lowest BCUT2D eigenvalue weighted by Gasteiger charge is -2.23. The number of nitrogens with zero attached hydrogens (tertiary/aromatic N) is 4. The number of ether oxygens (including phenoxy) is 1. The zero-order valence-electron chi connectivity index (χ0n) is 24.0. The van der Waals surface area contributed by atoms with Gasteiger partial charge in [0, 0.05) is 19.5 Å². The van der Waals surface area contributed by atoms with Crippen LogP contribution in [0.2, 0.25) is 0 Å². The van der Waals surface area contributed by atoms with Gasteiger partial charge in [-0.05, 0) is 41.5 Å². The van der Waals surface area contributed by atoms with Crippen LogP contribution in [0, 0.1) is 0 Å². The summed E-state index contributed by atoms with van der Waals surface area (Å²) in [5, 5.41) is 0. The summed E-state index contributed by atoms with van der Waals surface area (Å²) >= 11 is 0. The predicted molar refractivity (Wildman–Crippen MR) is 149 cm³/mol. The van der Waals surface area contributed by atoms with Crippen molar-refractivity contribution in [1.29, 1.82) is 0 Å². The largest absolute Gasteiger partial charge is 0.373 e. The number of hydrogen-bond acceptors (Lipinski definition) is 11. The Morgan fingerprint density at radius 3 is 2.27 bits per heavy atom. The Morgan fingerprint density at radius 2 is 1.68 bits per heavy atom. The van der Waals surface area contributed by atoms with Crippen molar-refractivity contribution >= 4 is 32.3 Å². The summed E-state index contributed by atoms with van der Waals surface area (Å²) in [6.07, 6.45) is 1.51. The van der Waals surface area contributed by atoms with E-state index in [1.165, 1.54) is 12.7 Å². The minimum Gasteiger partial charge on any atom is -0.373 e. The van der Waals surface area contributed by atoms with E-state index in [1.54, 1.807) is 51.0 Å². The number of amides is 1. The van der Waals surface area contributed by atoms with Crippen LogP contribution in [-0.2, 0) is 36.8 Å². The van der Waals surface area contributed by atoms with Crippen LogP contribution in [0.15, 0.2) is 17.4 Å². The fourth-order valence-electron chi connectivity index (χ4n) is 4.54. The molecule has 1 fully saturated rings. The number of likely N-dealkylation sites (tertiary alicyclic amines) is 1. The molecule has 3 rings (SSSR count). The van der Waals surface area contributed by atoms with Crippen LogP contribution in [0.25, 0.3) is 11.2 Å². The molecule has 1 amide bonds. The monoisotopic (exact) mass is 605 g/mol. The minimum absolute atomic E-state index is 0.0384. The van der Waals surface area contributed by atoms with Gasteiger partial charge in [-0.2, -0.15) is 0 Å². The van der Waals surface area contributed by atoms with E-state index in [2.05, 4.69) is 15.0 Å². The number of carbonyl (C=O) groups is 1. The van der Waals surface area contributed by atoms with Crippen LogP contribution in [0.5, 0.6) is 0 Å². The summed E-state index contributed by atoms with van der Waals surface area (Å²) in [6, 6.07) is -0.438. The Bertz CT molecular complexity index is 1260. The van der Waals surface area contributed by atoms with Crippen LogP contribution in [0.4, 0.5) is 0 Å². The van der Waals surface area contributed by atoms with Crippen molar-refractivity contribution in [2.45, 2.75) is 72.3 Å². The van der Waals surface area contributed by atoms with Gasteiger partial charge in [0.1, 0.15) is 0 Å². The van der Waals surface area contributed by atoms with Gasteiger partial charge in [0.2, 0.25) is 5.91 Å². The zero-order chi connectivity index (χ0) is 29.5. The Labute approximate surface area is 234 Å². The number of imidazole rings is 1. The van der Waals surface area contributed by atoms with Crippen molar-refractivity contribution in [3.8, 4) is 0 Å². The maximum Gasteiger partial charge on any atom is 0.332 e. The lowest BCUT2D eigenvalue weighted by atomic mass is 10.2. The molecular weight excluding hydrogens is 564 g/mol. The van der Waals surface area contributed by atoms with E-state index in [0.29, 0.717) is 5.65 Å². The van der Waals surface area contributed by atoms with Gasteiger partial charge in [-0.25, -0.2) is 9.97 Å². The summed E-state index contributed by atoms with van der Waals surface area (Å²) in [4.78, 5) is 38.1. The molecular formula is C24H41N5O9P2. The molecule has 1 saturated heterocycles. The molecule has 0 aromatic carbocycles. The van der Waals surface area contributed by atoms with Crippen molar-refractivity contribution in [1.82, 2.24) is 24.4 Å². The predicted octanol–water partition coefficient (Wildman–Crippen LogP) is 3.59. The molecule has 0 radical (unpaired) electrons. The molecule has 2 aromatic rings. The molecule has 16 heteroatoms. The van der Waals surface area contributed by atoms with E-state index in [9.17, 15) is 18.7 Å². The molecule has 1 aliphatic heterocycles. The van der Waals surface area contributed by atoms with E-state index in [0.717, 1.165) is 0 Å². The SMILES string of the molecule is CCOP(=O)(CCO[C@H]1CN(C(=O)CCP(=O)(OC(C)C)OC(C)C)C[C@H]1n1cnc2c(=O)[nH]cnc21)OCC. The molecule has 0 saturated carbocycles. The van der Waals surface area contributed by atoms with Crippen LogP contribution in [-0.4, -0.2) is 93.9 Å². The fourth-order valence-corrected chi connectivity index (χ4v) is 8.00. The highest BCUT2D eigenvalue weighted by atomic mass is 31.2. The Balaban J connectivity index is 1.78. The van der Waals surface area contributed by atoms with Gasteiger partial charge in [0.15, 0.2) is 11.2 Å². The van der Waals surface area contributed by atoms with Crippen LogP contribution in [0.1, 0.15) is 54.0 Å². The van der Waals surface area contributed by atoms with Crippen molar-refractivity contribution in [2.75, 3.05) is 45.2 Å². The van der Waals surface area contributed by atoms with Crippen molar-refractivity contribution in [3.63, 3.8) is 0 Å². The first-order valence-electron chi connectivity index (χ1n) is 13.5.